The molecule has 3 rings (SSSR count). The molecule has 3 aromatic rings. The van der Waals surface area contributed by atoms with Crippen molar-refractivity contribution in [3.8, 4) is 11.3 Å². The molecule has 0 aliphatic rings. The third kappa shape index (κ3) is 4.90. The number of ether oxygens (including phenoxy) is 1. The van der Waals surface area contributed by atoms with Crippen LogP contribution in [0.1, 0.15) is 15.9 Å². The number of nitrogens with zero attached hydrogens (tertiary/aromatic N) is 2. The molecule has 1 heterocycles. The number of non-ortho nitro benzene ring substituents is 1. The monoisotopic (exact) mass is 461 g/mol. The lowest BCUT2D eigenvalue weighted by molar-refractivity contribution is -0.384. The van der Waals surface area contributed by atoms with E-state index in [0.29, 0.717) is 5.56 Å². The summed E-state index contributed by atoms with van der Waals surface area (Å²) in [4.78, 5) is 35.0. The minimum absolute atomic E-state index is 0.000383. The van der Waals surface area contributed by atoms with Crippen LogP contribution in [0.5, 0.6) is 0 Å². The molecule has 0 aliphatic carbocycles. The van der Waals surface area contributed by atoms with Gasteiger partial charge in [-0.3, -0.25) is 20.2 Å². The Labute approximate surface area is 185 Å². The molecule has 0 bridgehead atoms. The molecule has 0 atom stereocenters. The number of halogens is 2. The van der Waals surface area contributed by atoms with E-state index in [-0.39, 0.29) is 38.4 Å². The molecule has 158 valence electrons. The van der Waals surface area contributed by atoms with Crippen LogP contribution >= 0.6 is 23.2 Å². The summed E-state index contributed by atoms with van der Waals surface area (Å²) in [7, 11) is 1.15. The molecule has 0 saturated heterocycles. The number of nitro benzene ring substituents is 1. The van der Waals surface area contributed by atoms with Crippen molar-refractivity contribution < 1.29 is 23.8 Å². The van der Waals surface area contributed by atoms with Crippen LogP contribution in [-0.4, -0.2) is 29.1 Å². The van der Waals surface area contributed by atoms with Gasteiger partial charge in [0.2, 0.25) is 5.88 Å². The lowest BCUT2D eigenvalue weighted by atomic mass is 10.1. The predicted molar refractivity (Wildman–Crippen MR) is 114 cm³/mol. The van der Waals surface area contributed by atoms with Crippen molar-refractivity contribution >= 4 is 52.7 Å². The van der Waals surface area contributed by atoms with Crippen LogP contribution in [0.15, 0.2) is 53.1 Å². The molecule has 0 unspecified atom stereocenters. The van der Waals surface area contributed by atoms with E-state index in [1.807, 2.05) is 0 Å². The van der Waals surface area contributed by atoms with Gasteiger partial charge in [0.05, 0.1) is 22.1 Å². The van der Waals surface area contributed by atoms with Gasteiger partial charge in [0.25, 0.3) is 11.6 Å². The normalized spacial score (nSPS) is 10.8. The summed E-state index contributed by atoms with van der Waals surface area (Å²) in [5.41, 5.74) is 0.378. The molecule has 2 aromatic carbocycles. The summed E-state index contributed by atoms with van der Waals surface area (Å²) in [6.07, 6.45) is 2.48. The number of carbonyl (C=O) groups excluding carboxylic acids is 2. The molecule has 0 saturated carbocycles. The Morgan fingerprint density at radius 1 is 1.19 bits per heavy atom. The second kappa shape index (κ2) is 9.41. The number of amides is 1. The average molecular weight is 462 g/mol. The molecule has 1 N–H and O–H groups in total. The standard InChI is InChI=1S/C20H13Cl2N3O6/c1-30-20(27)17-18(16-13(21)6-3-7-14(16)22)24-31-19(17)23-15(26)9-8-11-4-2-5-12(10-11)25(28)29/h2-10H,1H3,(H,23,26)/b9-8+. The summed E-state index contributed by atoms with van der Waals surface area (Å²) < 4.78 is 9.90. The van der Waals surface area contributed by atoms with Gasteiger partial charge in [-0.15, -0.1) is 0 Å². The van der Waals surface area contributed by atoms with Crippen LogP contribution in [0.4, 0.5) is 11.6 Å². The third-order valence-corrected chi connectivity index (χ3v) is 4.66. The molecular formula is C20H13Cl2N3O6. The fraction of sp³-hybridized carbons (Fsp3) is 0.0500. The molecule has 0 fully saturated rings. The van der Waals surface area contributed by atoms with Gasteiger partial charge in [-0.25, -0.2) is 4.79 Å². The van der Waals surface area contributed by atoms with Crippen molar-refractivity contribution in [2.75, 3.05) is 12.4 Å². The quantitative estimate of drug-likeness (QED) is 0.237. The first-order valence-electron chi connectivity index (χ1n) is 8.57. The zero-order chi connectivity index (χ0) is 22.5. The highest BCUT2D eigenvalue weighted by molar-refractivity contribution is 6.39. The lowest BCUT2D eigenvalue weighted by Gasteiger charge is -2.06. The molecule has 1 aromatic heterocycles. The fourth-order valence-corrected chi connectivity index (χ4v) is 3.21. The van der Waals surface area contributed by atoms with Crippen molar-refractivity contribution in [3.63, 3.8) is 0 Å². The zero-order valence-corrected chi connectivity index (χ0v) is 17.3. The van der Waals surface area contributed by atoms with E-state index in [1.165, 1.54) is 24.3 Å². The number of rotatable bonds is 6. The van der Waals surface area contributed by atoms with Gasteiger partial charge in [0.15, 0.2) is 5.56 Å². The summed E-state index contributed by atoms with van der Waals surface area (Å²) in [5, 5.41) is 17.5. The summed E-state index contributed by atoms with van der Waals surface area (Å²) in [6.45, 7) is 0. The Morgan fingerprint density at radius 3 is 2.52 bits per heavy atom. The molecular weight excluding hydrogens is 449 g/mol. The van der Waals surface area contributed by atoms with Crippen LogP contribution in [0, 0.1) is 10.1 Å². The van der Waals surface area contributed by atoms with Crippen molar-refractivity contribution in [2.45, 2.75) is 0 Å². The lowest BCUT2D eigenvalue weighted by Crippen LogP contribution is -2.12. The number of hydrogen-bond donors (Lipinski definition) is 1. The van der Waals surface area contributed by atoms with E-state index in [4.69, 9.17) is 32.5 Å². The second-order valence-corrected chi connectivity index (χ2v) is 6.81. The van der Waals surface area contributed by atoms with Gasteiger partial charge in [-0.05, 0) is 23.8 Å². The third-order valence-electron chi connectivity index (χ3n) is 4.03. The number of nitrogens with one attached hydrogen (secondary N) is 1. The van der Waals surface area contributed by atoms with Crippen LogP contribution in [0.25, 0.3) is 17.3 Å². The highest BCUT2D eigenvalue weighted by Gasteiger charge is 2.28. The Bertz CT molecular complexity index is 1190. The van der Waals surface area contributed by atoms with Gasteiger partial charge in [-0.1, -0.05) is 46.6 Å². The summed E-state index contributed by atoms with van der Waals surface area (Å²) in [6, 6.07) is 10.4. The minimum atomic E-state index is -0.829. The van der Waals surface area contributed by atoms with Crippen LogP contribution in [0.3, 0.4) is 0 Å². The van der Waals surface area contributed by atoms with E-state index < -0.39 is 16.8 Å². The minimum Gasteiger partial charge on any atom is -0.465 e. The maximum atomic E-state index is 12.3. The average Bonchev–Trinajstić information content (AvgIpc) is 3.14. The number of benzene rings is 2. The van der Waals surface area contributed by atoms with Crippen LogP contribution < -0.4 is 5.32 Å². The smallest absolute Gasteiger partial charge is 0.345 e. The number of carbonyl (C=O) groups is 2. The van der Waals surface area contributed by atoms with E-state index in [9.17, 15) is 19.7 Å². The molecule has 9 nitrogen and oxygen atoms in total. The van der Waals surface area contributed by atoms with Crippen molar-refractivity contribution in [1.82, 2.24) is 5.16 Å². The van der Waals surface area contributed by atoms with Crippen molar-refractivity contribution in [3.05, 3.63) is 79.8 Å². The Kier molecular flexibility index (Phi) is 6.68. The summed E-state index contributed by atoms with van der Waals surface area (Å²) in [5.74, 6) is -1.78. The SMILES string of the molecule is COC(=O)c1c(-c2c(Cl)cccc2Cl)noc1NC(=O)/C=C/c1cccc([N+](=O)[O-])c1. The van der Waals surface area contributed by atoms with Gasteiger partial charge < -0.3 is 9.26 Å². The Balaban J connectivity index is 1.90. The van der Waals surface area contributed by atoms with Gasteiger partial charge >= 0.3 is 5.97 Å². The number of anilines is 1. The molecule has 31 heavy (non-hydrogen) atoms. The number of aromatic nitrogens is 1. The van der Waals surface area contributed by atoms with Gasteiger partial charge in [-0.2, -0.15) is 0 Å². The number of methoxy groups -OCH3 is 1. The topological polar surface area (TPSA) is 125 Å². The second-order valence-electron chi connectivity index (χ2n) is 6.00. The van der Waals surface area contributed by atoms with Gasteiger partial charge in [0, 0.05) is 23.8 Å². The largest absolute Gasteiger partial charge is 0.465 e. The van der Waals surface area contributed by atoms with Crippen LogP contribution in [-0.2, 0) is 9.53 Å². The van der Waals surface area contributed by atoms with Crippen molar-refractivity contribution in [1.29, 1.82) is 0 Å². The molecule has 1 amide bonds. The predicted octanol–water partition coefficient (Wildman–Crippen LogP) is 5.00. The Hall–Kier alpha value is -3.69. The van der Waals surface area contributed by atoms with E-state index in [2.05, 4.69) is 10.5 Å². The summed E-state index contributed by atoms with van der Waals surface area (Å²) >= 11 is 12.4. The number of esters is 1. The van der Waals surface area contributed by atoms with E-state index in [1.54, 1.807) is 24.3 Å². The Morgan fingerprint density at radius 2 is 1.87 bits per heavy atom. The van der Waals surface area contributed by atoms with E-state index in [0.717, 1.165) is 13.2 Å². The van der Waals surface area contributed by atoms with Crippen molar-refractivity contribution in [2.24, 2.45) is 0 Å². The molecule has 0 radical (unpaired) electrons. The first-order valence-corrected chi connectivity index (χ1v) is 9.33. The maximum absolute atomic E-state index is 12.3. The number of nitro groups is 1. The van der Waals surface area contributed by atoms with E-state index >= 15 is 0 Å². The van der Waals surface area contributed by atoms with Gasteiger partial charge in [0.1, 0.15) is 5.69 Å². The fourth-order valence-electron chi connectivity index (χ4n) is 2.63. The van der Waals surface area contributed by atoms with Crippen LogP contribution in [0.2, 0.25) is 10.0 Å². The molecule has 0 aliphatic heterocycles. The molecule has 0 spiro atoms. The highest BCUT2D eigenvalue weighted by atomic mass is 35.5. The number of hydrogen-bond acceptors (Lipinski definition) is 7. The molecule has 11 heteroatoms. The zero-order valence-electron chi connectivity index (χ0n) is 15.8. The first kappa shape index (κ1) is 22.0. The first-order chi connectivity index (χ1) is 14.8. The highest BCUT2D eigenvalue weighted by Crippen LogP contribution is 2.38. The maximum Gasteiger partial charge on any atom is 0.345 e.